The molecule has 0 unspecified atom stereocenters. The Morgan fingerprint density at radius 2 is 1.83 bits per heavy atom. The second-order valence-corrected chi connectivity index (χ2v) is 6.60. The largest absolute Gasteiger partial charge is 0.444 e. The maximum atomic E-state index is 11.6. The Morgan fingerprint density at radius 3 is 2.42 bits per heavy atom. The maximum Gasteiger partial charge on any atom is 0.407 e. The molecule has 0 saturated heterocycles. The molecule has 1 amide bonds. The standard InChI is InChI=1S/C19H24N2O3/c1-14-5-10-17(21-13-14)23-16-8-6-15(7-9-16)11-12-20-18(22)24-19(2,3)4/h5-10,13H,11-12H2,1-4H3,(H,20,22). The third kappa shape index (κ3) is 6.28. The molecule has 1 heterocycles. The monoisotopic (exact) mass is 328 g/mol. The summed E-state index contributed by atoms with van der Waals surface area (Å²) in [5.74, 6) is 1.30. The molecular formula is C19H24N2O3. The average Bonchev–Trinajstić information content (AvgIpc) is 2.49. The van der Waals surface area contributed by atoms with Gasteiger partial charge in [0.1, 0.15) is 11.4 Å². The molecule has 0 radical (unpaired) electrons. The molecule has 1 N–H and O–H groups in total. The van der Waals surface area contributed by atoms with Crippen LogP contribution in [0.25, 0.3) is 0 Å². The fourth-order valence-electron chi connectivity index (χ4n) is 1.98. The fraction of sp³-hybridized carbons (Fsp3) is 0.368. The summed E-state index contributed by atoms with van der Waals surface area (Å²) in [4.78, 5) is 15.8. The van der Waals surface area contributed by atoms with Crippen LogP contribution in [0.5, 0.6) is 11.6 Å². The molecule has 0 atom stereocenters. The molecule has 2 rings (SSSR count). The quantitative estimate of drug-likeness (QED) is 0.891. The number of ether oxygens (including phenoxy) is 2. The molecule has 0 saturated carbocycles. The van der Waals surface area contributed by atoms with Gasteiger partial charge in [-0.25, -0.2) is 9.78 Å². The number of amides is 1. The van der Waals surface area contributed by atoms with Crippen LogP contribution in [-0.2, 0) is 11.2 Å². The highest BCUT2D eigenvalue weighted by Gasteiger charge is 2.15. The number of nitrogens with one attached hydrogen (secondary N) is 1. The van der Waals surface area contributed by atoms with E-state index in [1.807, 2.05) is 64.1 Å². The van der Waals surface area contributed by atoms with Gasteiger partial charge in [0.2, 0.25) is 5.88 Å². The fourth-order valence-corrected chi connectivity index (χ4v) is 1.98. The normalized spacial score (nSPS) is 11.0. The van der Waals surface area contributed by atoms with Crippen LogP contribution >= 0.6 is 0 Å². The lowest BCUT2D eigenvalue weighted by Crippen LogP contribution is -2.33. The molecule has 0 fully saturated rings. The molecule has 128 valence electrons. The maximum absolute atomic E-state index is 11.6. The van der Waals surface area contributed by atoms with Crippen molar-refractivity contribution in [2.24, 2.45) is 0 Å². The van der Waals surface area contributed by atoms with E-state index in [0.29, 0.717) is 12.4 Å². The van der Waals surface area contributed by atoms with Gasteiger partial charge in [-0.1, -0.05) is 18.2 Å². The van der Waals surface area contributed by atoms with Gasteiger partial charge in [-0.3, -0.25) is 0 Å². The summed E-state index contributed by atoms with van der Waals surface area (Å²) < 4.78 is 10.9. The highest BCUT2D eigenvalue weighted by atomic mass is 16.6. The van der Waals surface area contributed by atoms with Crippen molar-refractivity contribution in [1.82, 2.24) is 10.3 Å². The Kier molecular flexibility index (Phi) is 5.79. The van der Waals surface area contributed by atoms with Crippen molar-refractivity contribution in [3.05, 3.63) is 53.7 Å². The van der Waals surface area contributed by atoms with Crippen molar-refractivity contribution in [3.63, 3.8) is 0 Å². The third-order valence-corrected chi connectivity index (χ3v) is 3.11. The zero-order valence-electron chi connectivity index (χ0n) is 14.6. The molecule has 0 aliphatic rings. The lowest BCUT2D eigenvalue weighted by molar-refractivity contribution is 0.0528. The zero-order chi connectivity index (χ0) is 17.6. The molecule has 0 spiro atoms. The number of pyridine rings is 1. The van der Waals surface area contributed by atoms with Crippen molar-refractivity contribution >= 4 is 6.09 Å². The highest BCUT2D eigenvalue weighted by molar-refractivity contribution is 5.67. The SMILES string of the molecule is Cc1ccc(Oc2ccc(CCNC(=O)OC(C)(C)C)cc2)nc1. The van der Waals surface area contributed by atoms with Crippen LogP contribution in [0.15, 0.2) is 42.6 Å². The van der Waals surface area contributed by atoms with E-state index in [2.05, 4.69) is 10.3 Å². The van der Waals surface area contributed by atoms with Crippen molar-refractivity contribution in [1.29, 1.82) is 0 Å². The van der Waals surface area contributed by atoms with E-state index in [1.54, 1.807) is 6.20 Å². The zero-order valence-corrected chi connectivity index (χ0v) is 14.6. The van der Waals surface area contributed by atoms with Crippen LogP contribution < -0.4 is 10.1 Å². The van der Waals surface area contributed by atoms with Gasteiger partial charge in [-0.2, -0.15) is 0 Å². The smallest absolute Gasteiger partial charge is 0.407 e. The minimum Gasteiger partial charge on any atom is -0.444 e. The molecule has 0 bridgehead atoms. The molecule has 0 aliphatic carbocycles. The average molecular weight is 328 g/mol. The molecule has 1 aromatic heterocycles. The van der Waals surface area contributed by atoms with Crippen LogP contribution in [0.2, 0.25) is 0 Å². The van der Waals surface area contributed by atoms with Crippen LogP contribution in [0.1, 0.15) is 31.9 Å². The van der Waals surface area contributed by atoms with Gasteiger partial charge in [-0.15, -0.1) is 0 Å². The van der Waals surface area contributed by atoms with Gasteiger partial charge >= 0.3 is 6.09 Å². The van der Waals surface area contributed by atoms with Crippen LogP contribution in [-0.4, -0.2) is 23.2 Å². The lowest BCUT2D eigenvalue weighted by atomic mass is 10.1. The Balaban J connectivity index is 1.79. The Bertz CT molecular complexity index is 659. The summed E-state index contributed by atoms with van der Waals surface area (Å²) in [5, 5.41) is 2.74. The second-order valence-electron chi connectivity index (χ2n) is 6.60. The Labute approximate surface area is 143 Å². The molecule has 0 aliphatic heterocycles. The topological polar surface area (TPSA) is 60.5 Å². The molecule has 1 aromatic carbocycles. The summed E-state index contributed by atoms with van der Waals surface area (Å²) in [6.45, 7) is 8.03. The molecule has 5 heteroatoms. The number of hydrogen-bond acceptors (Lipinski definition) is 4. The van der Waals surface area contributed by atoms with E-state index in [4.69, 9.17) is 9.47 Å². The van der Waals surface area contributed by atoms with E-state index in [-0.39, 0.29) is 0 Å². The minimum atomic E-state index is -0.479. The number of aryl methyl sites for hydroxylation is 1. The summed E-state index contributed by atoms with van der Waals surface area (Å²) in [5.41, 5.74) is 1.72. The first kappa shape index (κ1) is 17.8. The van der Waals surface area contributed by atoms with Crippen LogP contribution in [0.4, 0.5) is 4.79 Å². The highest BCUT2D eigenvalue weighted by Crippen LogP contribution is 2.19. The first-order valence-electron chi connectivity index (χ1n) is 7.98. The number of nitrogens with zero attached hydrogens (tertiary/aromatic N) is 1. The number of rotatable bonds is 5. The number of hydrogen-bond donors (Lipinski definition) is 1. The summed E-state index contributed by atoms with van der Waals surface area (Å²) in [7, 11) is 0. The molecule has 2 aromatic rings. The van der Waals surface area contributed by atoms with Crippen molar-refractivity contribution in [2.45, 2.75) is 39.7 Å². The van der Waals surface area contributed by atoms with E-state index >= 15 is 0 Å². The van der Waals surface area contributed by atoms with Crippen molar-refractivity contribution < 1.29 is 14.3 Å². The van der Waals surface area contributed by atoms with Crippen molar-refractivity contribution in [2.75, 3.05) is 6.54 Å². The van der Waals surface area contributed by atoms with E-state index in [9.17, 15) is 4.79 Å². The lowest BCUT2D eigenvalue weighted by Gasteiger charge is -2.19. The minimum absolute atomic E-state index is 0.395. The van der Waals surface area contributed by atoms with Gasteiger partial charge in [0.15, 0.2) is 0 Å². The Morgan fingerprint density at radius 1 is 1.12 bits per heavy atom. The predicted molar refractivity (Wildman–Crippen MR) is 93.4 cm³/mol. The van der Waals surface area contributed by atoms with Gasteiger partial charge < -0.3 is 14.8 Å². The predicted octanol–water partition coefficient (Wildman–Crippen LogP) is 4.25. The molecule has 24 heavy (non-hydrogen) atoms. The van der Waals surface area contributed by atoms with Crippen LogP contribution in [0, 0.1) is 6.92 Å². The second kappa shape index (κ2) is 7.81. The third-order valence-electron chi connectivity index (χ3n) is 3.11. The van der Waals surface area contributed by atoms with Gasteiger partial charge in [0, 0.05) is 18.8 Å². The number of carbonyl (C=O) groups is 1. The van der Waals surface area contributed by atoms with Gasteiger partial charge in [0.25, 0.3) is 0 Å². The van der Waals surface area contributed by atoms with Gasteiger partial charge in [0.05, 0.1) is 0 Å². The van der Waals surface area contributed by atoms with Crippen molar-refractivity contribution in [3.8, 4) is 11.6 Å². The molecule has 5 nitrogen and oxygen atoms in total. The van der Waals surface area contributed by atoms with Gasteiger partial charge in [-0.05, 0) is 57.4 Å². The first-order valence-corrected chi connectivity index (χ1v) is 7.98. The summed E-state index contributed by atoms with van der Waals surface area (Å²) >= 11 is 0. The number of carbonyl (C=O) groups excluding carboxylic acids is 1. The van der Waals surface area contributed by atoms with E-state index in [0.717, 1.165) is 23.3 Å². The number of benzene rings is 1. The summed E-state index contributed by atoms with van der Waals surface area (Å²) in [6, 6.07) is 11.5. The number of aromatic nitrogens is 1. The van der Waals surface area contributed by atoms with Crippen LogP contribution in [0.3, 0.4) is 0 Å². The summed E-state index contributed by atoms with van der Waals surface area (Å²) in [6.07, 6.45) is 2.10. The van der Waals surface area contributed by atoms with E-state index in [1.165, 1.54) is 0 Å². The molecular weight excluding hydrogens is 304 g/mol. The van der Waals surface area contributed by atoms with E-state index < -0.39 is 11.7 Å². The Hall–Kier alpha value is -2.56. The first-order chi connectivity index (χ1) is 11.3. The number of alkyl carbamates (subject to hydrolysis) is 1.